The molecular weight excluding hydrogens is 186 g/mol. The third-order valence-electron chi connectivity index (χ3n) is 3.18. The van der Waals surface area contributed by atoms with E-state index >= 15 is 0 Å². The van der Waals surface area contributed by atoms with Crippen LogP contribution < -0.4 is 5.32 Å². The predicted octanol–water partition coefficient (Wildman–Crippen LogP) is 2.97. The Balaban J connectivity index is 2.40. The SMILES string of the molecule is CCCCC(NCC)C(OCC)C1CC1. The van der Waals surface area contributed by atoms with E-state index in [1.165, 1.54) is 32.1 Å². The maximum Gasteiger partial charge on any atom is 0.0755 e. The number of rotatable bonds is 9. The molecule has 0 heterocycles. The van der Waals surface area contributed by atoms with Crippen LogP contribution in [-0.2, 0) is 4.74 Å². The van der Waals surface area contributed by atoms with Crippen LogP contribution >= 0.6 is 0 Å². The third-order valence-corrected chi connectivity index (χ3v) is 3.18. The van der Waals surface area contributed by atoms with E-state index in [1.807, 2.05) is 0 Å². The summed E-state index contributed by atoms with van der Waals surface area (Å²) in [4.78, 5) is 0. The molecule has 0 saturated heterocycles. The van der Waals surface area contributed by atoms with Crippen LogP contribution in [0.25, 0.3) is 0 Å². The van der Waals surface area contributed by atoms with Gasteiger partial charge < -0.3 is 10.1 Å². The Labute approximate surface area is 94.8 Å². The fourth-order valence-electron chi connectivity index (χ4n) is 2.27. The number of likely N-dealkylation sites (N-methyl/N-ethyl adjacent to an activating group) is 1. The normalized spacial score (nSPS) is 20.2. The topological polar surface area (TPSA) is 21.3 Å². The minimum absolute atomic E-state index is 0.474. The zero-order valence-corrected chi connectivity index (χ0v) is 10.6. The van der Waals surface area contributed by atoms with Gasteiger partial charge in [0.05, 0.1) is 6.10 Å². The van der Waals surface area contributed by atoms with Crippen molar-refractivity contribution in [1.82, 2.24) is 5.32 Å². The molecule has 1 saturated carbocycles. The zero-order valence-electron chi connectivity index (χ0n) is 10.6. The highest BCUT2D eigenvalue weighted by Crippen LogP contribution is 2.36. The fourth-order valence-corrected chi connectivity index (χ4v) is 2.27. The molecule has 90 valence electrons. The molecule has 0 aromatic rings. The van der Waals surface area contributed by atoms with Gasteiger partial charge in [-0.25, -0.2) is 0 Å². The molecule has 0 aromatic heterocycles. The Morgan fingerprint density at radius 1 is 1.27 bits per heavy atom. The monoisotopic (exact) mass is 213 g/mol. The molecule has 2 nitrogen and oxygen atoms in total. The van der Waals surface area contributed by atoms with Crippen LogP contribution in [0.2, 0.25) is 0 Å². The lowest BCUT2D eigenvalue weighted by Crippen LogP contribution is -2.42. The Morgan fingerprint density at radius 2 is 2.00 bits per heavy atom. The second-order valence-corrected chi connectivity index (χ2v) is 4.56. The van der Waals surface area contributed by atoms with Crippen molar-refractivity contribution in [3.8, 4) is 0 Å². The molecule has 2 atom stereocenters. The maximum atomic E-state index is 5.92. The number of hydrogen-bond donors (Lipinski definition) is 1. The van der Waals surface area contributed by atoms with Crippen LogP contribution in [0.15, 0.2) is 0 Å². The van der Waals surface area contributed by atoms with Crippen molar-refractivity contribution < 1.29 is 4.74 Å². The van der Waals surface area contributed by atoms with Gasteiger partial charge in [-0.2, -0.15) is 0 Å². The summed E-state index contributed by atoms with van der Waals surface area (Å²) in [6, 6.07) is 0.586. The molecule has 1 fully saturated rings. The Hall–Kier alpha value is -0.0800. The molecule has 0 amide bonds. The number of nitrogens with one attached hydrogen (secondary N) is 1. The third kappa shape index (κ3) is 4.52. The van der Waals surface area contributed by atoms with E-state index in [4.69, 9.17) is 4.74 Å². The number of hydrogen-bond acceptors (Lipinski definition) is 2. The minimum atomic E-state index is 0.474. The van der Waals surface area contributed by atoms with Crippen molar-refractivity contribution in [3.05, 3.63) is 0 Å². The second-order valence-electron chi connectivity index (χ2n) is 4.56. The minimum Gasteiger partial charge on any atom is -0.377 e. The van der Waals surface area contributed by atoms with E-state index < -0.39 is 0 Å². The van der Waals surface area contributed by atoms with Crippen molar-refractivity contribution in [3.63, 3.8) is 0 Å². The van der Waals surface area contributed by atoms with Crippen molar-refractivity contribution in [2.75, 3.05) is 13.2 Å². The van der Waals surface area contributed by atoms with Crippen molar-refractivity contribution in [2.45, 2.75) is 65.0 Å². The number of ether oxygens (including phenoxy) is 1. The Kier molecular flexibility index (Phi) is 6.26. The van der Waals surface area contributed by atoms with E-state index in [1.54, 1.807) is 0 Å². The van der Waals surface area contributed by atoms with E-state index in [9.17, 15) is 0 Å². The molecule has 1 rings (SSSR count). The molecule has 0 bridgehead atoms. The largest absolute Gasteiger partial charge is 0.377 e. The Bertz CT molecular complexity index is 157. The Morgan fingerprint density at radius 3 is 2.47 bits per heavy atom. The molecule has 1 N–H and O–H groups in total. The zero-order chi connectivity index (χ0) is 11.1. The summed E-state index contributed by atoms with van der Waals surface area (Å²) in [6.07, 6.45) is 7.09. The molecule has 1 aliphatic rings. The highest BCUT2D eigenvalue weighted by Gasteiger charge is 2.36. The molecular formula is C13H27NO. The first-order valence-corrected chi connectivity index (χ1v) is 6.68. The maximum absolute atomic E-state index is 5.92. The van der Waals surface area contributed by atoms with Gasteiger partial charge in [0.25, 0.3) is 0 Å². The lowest BCUT2D eigenvalue weighted by Gasteiger charge is -2.27. The molecule has 15 heavy (non-hydrogen) atoms. The average Bonchev–Trinajstić information content (AvgIpc) is 3.05. The standard InChI is InChI=1S/C13H27NO/c1-4-7-8-12(14-5-2)13(15-6-3)11-9-10-11/h11-14H,4-10H2,1-3H3. The van der Waals surface area contributed by atoms with Gasteiger partial charge in [0.15, 0.2) is 0 Å². The first-order chi connectivity index (χ1) is 7.33. The highest BCUT2D eigenvalue weighted by atomic mass is 16.5. The molecule has 0 aliphatic heterocycles. The summed E-state index contributed by atoms with van der Waals surface area (Å²) < 4.78 is 5.92. The fraction of sp³-hybridized carbons (Fsp3) is 1.00. The lowest BCUT2D eigenvalue weighted by atomic mass is 10.0. The second kappa shape index (κ2) is 7.24. The van der Waals surface area contributed by atoms with Gasteiger partial charge in [-0.3, -0.25) is 0 Å². The van der Waals surface area contributed by atoms with Crippen LogP contribution in [0.5, 0.6) is 0 Å². The van der Waals surface area contributed by atoms with Crippen molar-refractivity contribution in [1.29, 1.82) is 0 Å². The van der Waals surface area contributed by atoms with E-state index in [0.717, 1.165) is 19.1 Å². The van der Waals surface area contributed by atoms with Gasteiger partial charge in [-0.15, -0.1) is 0 Å². The summed E-state index contributed by atoms with van der Waals surface area (Å²) >= 11 is 0. The van der Waals surface area contributed by atoms with Gasteiger partial charge in [0.1, 0.15) is 0 Å². The quantitative estimate of drug-likeness (QED) is 0.636. The van der Waals surface area contributed by atoms with Gasteiger partial charge in [-0.1, -0.05) is 26.7 Å². The molecule has 0 spiro atoms. The molecule has 1 aliphatic carbocycles. The van der Waals surface area contributed by atoms with Crippen LogP contribution in [0, 0.1) is 5.92 Å². The summed E-state index contributed by atoms with van der Waals surface area (Å²) in [7, 11) is 0. The van der Waals surface area contributed by atoms with Crippen molar-refractivity contribution in [2.24, 2.45) is 5.92 Å². The first kappa shape index (κ1) is 13.0. The van der Waals surface area contributed by atoms with E-state index in [2.05, 4.69) is 26.1 Å². The first-order valence-electron chi connectivity index (χ1n) is 6.68. The average molecular weight is 213 g/mol. The summed E-state index contributed by atoms with van der Waals surface area (Å²) in [5, 5.41) is 3.60. The van der Waals surface area contributed by atoms with Gasteiger partial charge in [-0.05, 0) is 38.6 Å². The van der Waals surface area contributed by atoms with Gasteiger partial charge >= 0.3 is 0 Å². The van der Waals surface area contributed by atoms with Gasteiger partial charge in [0, 0.05) is 12.6 Å². The van der Waals surface area contributed by atoms with Crippen LogP contribution in [0.1, 0.15) is 52.9 Å². The van der Waals surface area contributed by atoms with Crippen molar-refractivity contribution >= 4 is 0 Å². The summed E-state index contributed by atoms with van der Waals surface area (Å²) in [5.41, 5.74) is 0. The van der Waals surface area contributed by atoms with E-state index in [0.29, 0.717) is 12.1 Å². The number of unbranched alkanes of at least 4 members (excludes halogenated alkanes) is 1. The molecule has 2 unspecified atom stereocenters. The smallest absolute Gasteiger partial charge is 0.0755 e. The van der Waals surface area contributed by atoms with Crippen LogP contribution in [0.3, 0.4) is 0 Å². The van der Waals surface area contributed by atoms with Gasteiger partial charge in [0.2, 0.25) is 0 Å². The van der Waals surface area contributed by atoms with E-state index in [-0.39, 0.29) is 0 Å². The summed E-state index contributed by atoms with van der Waals surface area (Å²) in [6.45, 7) is 8.47. The molecule has 2 heteroatoms. The molecule has 0 aromatic carbocycles. The summed E-state index contributed by atoms with van der Waals surface area (Å²) in [5.74, 6) is 0.839. The predicted molar refractivity (Wildman–Crippen MR) is 65.1 cm³/mol. The lowest BCUT2D eigenvalue weighted by molar-refractivity contribution is 0.0169. The molecule has 0 radical (unpaired) electrons. The van der Waals surface area contributed by atoms with Crippen LogP contribution in [-0.4, -0.2) is 25.3 Å². The van der Waals surface area contributed by atoms with Crippen LogP contribution in [0.4, 0.5) is 0 Å². The highest BCUT2D eigenvalue weighted by molar-refractivity contribution is 4.90.